The largest absolute Gasteiger partial charge is 0.480 e. The number of aliphatic carboxylic acids is 1. The lowest BCUT2D eigenvalue weighted by Gasteiger charge is -2.23. The van der Waals surface area contributed by atoms with Crippen molar-refractivity contribution in [2.75, 3.05) is 13.6 Å². The number of carbonyl (C=O) groups is 2. The molecule has 0 aromatic carbocycles. The van der Waals surface area contributed by atoms with Crippen molar-refractivity contribution in [3.8, 4) is 0 Å². The molecule has 0 rings (SSSR count). The third-order valence-electron chi connectivity index (χ3n) is 1.86. The first-order valence-corrected chi connectivity index (χ1v) is 4.38. The van der Waals surface area contributed by atoms with Crippen molar-refractivity contribution in [2.24, 2.45) is 0 Å². The molecule has 5 nitrogen and oxygen atoms in total. The fraction of sp³-hybridized carbons (Fsp3) is 0.556. The van der Waals surface area contributed by atoms with Crippen LogP contribution >= 0.6 is 0 Å². The molecule has 0 saturated carbocycles. The summed E-state index contributed by atoms with van der Waals surface area (Å²) >= 11 is 0. The van der Waals surface area contributed by atoms with E-state index in [4.69, 9.17) is 5.11 Å². The highest BCUT2D eigenvalue weighted by Crippen LogP contribution is 2.01. The smallest absolute Gasteiger partial charge is 0.326 e. The number of nitrogens with one attached hydrogen (secondary N) is 1. The Morgan fingerprint density at radius 1 is 1.64 bits per heavy atom. The number of nitrogens with zero attached hydrogens (tertiary/aromatic N) is 1. The SMILES string of the molecule is C=CCNC(=O)N(C)C(CC)C(=O)O. The van der Waals surface area contributed by atoms with E-state index in [1.807, 2.05) is 0 Å². The predicted octanol–water partition coefficient (Wildman–Crippen LogP) is 0.677. The molecular weight excluding hydrogens is 184 g/mol. The van der Waals surface area contributed by atoms with Crippen LogP contribution in [-0.4, -0.2) is 41.6 Å². The van der Waals surface area contributed by atoms with E-state index >= 15 is 0 Å². The van der Waals surface area contributed by atoms with Crippen molar-refractivity contribution in [3.05, 3.63) is 12.7 Å². The minimum absolute atomic E-state index is 0.333. The Bertz CT molecular complexity index is 228. The van der Waals surface area contributed by atoms with Crippen molar-refractivity contribution in [3.63, 3.8) is 0 Å². The summed E-state index contributed by atoms with van der Waals surface area (Å²) in [5, 5.41) is 11.3. The van der Waals surface area contributed by atoms with Crippen molar-refractivity contribution in [1.29, 1.82) is 0 Å². The van der Waals surface area contributed by atoms with Gasteiger partial charge in [0.2, 0.25) is 0 Å². The van der Waals surface area contributed by atoms with Gasteiger partial charge in [-0.3, -0.25) is 0 Å². The Morgan fingerprint density at radius 2 is 2.21 bits per heavy atom. The van der Waals surface area contributed by atoms with Crippen LogP contribution in [0.25, 0.3) is 0 Å². The fourth-order valence-corrected chi connectivity index (χ4v) is 1.04. The monoisotopic (exact) mass is 200 g/mol. The molecule has 0 aromatic rings. The summed E-state index contributed by atoms with van der Waals surface area (Å²) in [6.07, 6.45) is 1.92. The van der Waals surface area contributed by atoms with Gasteiger partial charge in [0.25, 0.3) is 0 Å². The lowest BCUT2D eigenvalue weighted by atomic mass is 10.2. The molecule has 0 saturated heterocycles. The zero-order valence-corrected chi connectivity index (χ0v) is 8.49. The molecule has 0 aromatic heterocycles. The number of likely N-dealkylation sites (N-methyl/N-ethyl adjacent to an activating group) is 1. The van der Waals surface area contributed by atoms with Crippen LogP contribution in [0.3, 0.4) is 0 Å². The highest BCUT2D eigenvalue weighted by Gasteiger charge is 2.23. The maximum Gasteiger partial charge on any atom is 0.326 e. The zero-order valence-electron chi connectivity index (χ0n) is 8.49. The van der Waals surface area contributed by atoms with Gasteiger partial charge >= 0.3 is 12.0 Å². The third kappa shape index (κ3) is 3.47. The molecule has 1 atom stereocenters. The minimum Gasteiger partial charge on any atom is -0.480 e. The Kier molecular flexibility index (Phi) is 5.36. The highest BCUT2D eigenvalue weighted by molar-refractivity contribution is 5.82. The average molecular weight is 200 g/mol. The number of hydrogen-bond acceptors (Lipinski definition) is 2. The summed E-state index contributed by atoms with van der Waals surface area (Å²) in [6, 6.07) is -1.18. The first-order valence-electron chi connectivity index (χ1n) is 4.38. The number of amides is 2. The van der Waals surface area contributed by atoms with Crippen LogP contribution in [-0.2, 0) is 4.79 Å². The van der Waals surface area contributed by atoms with Crippen LogP contribution in [0.15, 0.2) is 12.7 Å². The zero-order chi connectivity index (χ0) is 11.1. The molecule has 0 heterocycles. The topological polar surface area (TPSA) is 69.6 Å². The molecule has 0 aliphatic rings. The van der Waals surface area contributed by atoms with Crippen molar-refractivity contribution in [2.45, 2.75) is 19.4 Å². The summed E-state index contributed by atoms with van der Waals surface area (Å²) < 4.78 is 0. The van der Waals surface area contributed by atoms with E-state index in [-0.39, 0.29) is 0 Å². The van der Waals surface area contributed by atoms with Gasteiger partial charge in [-0.1, -0.05) is 13.0 Å². The summed E-state index contributed by atoms with van der Waals surface area (Å²) in [7, 11) is 1.46. The standard InChI is InChI=1S/C9H16N2O3/c1-4-6-10-9(14)11(3)7(5-2)8(12)13/h4,7H,1,5-6H2,2-3H3,(H,10,14)(H,12,13). The Balaban J connectivity index is 4.26. The Hall–Kier alpha value is -1.52. The van der Waals surface area contributed by atoms with Gasteiger partial charge in [0.15, 0.2) is 0 Å². The summed E-state index contributed by atoms with van der Waals surface area (Å²) in [4.78, 5) is 23.2. The van der Waals surface area contributed by atoms with Gasteiger partial charge in [-0.15, -0.1) is 6.58 Å². The first-order chi connectivity index (χ1) is 6.54. The second-order valence-electron chi connectivity index (χ2n) is 2.85. The molecule has 5 heteroatoms. The van der Waals surface area contributed by atoms with E-state index in [1.165, 1.54) is 18.0 Å². The van der Waals surface area contributed by atoms with Crippen LogP contribution in [0.2, 0.25) is 0 Å². The molecule has 0 aliphatic heterocycles. The third-order valence-corrected chi connectivity index (χ3v) is 1.86. The number of urea groups is 1. The number of rotatable bonds is 5. The molecule has 14 heavy (non-hydrogen) atoms. The van der Waals surface area contributed by atoms with E-state index in [2.05, 4.69) is 11.9 Å². The van der Waals surface area contributed by atoms with E-state index < -0.39 is 18.0 Å². The van der Waals surface area contributed by atoms with Crippen LogP contribution < -0.4 is 5.32 Å². The van der Waals surface area contributed by atoms with Crippen LogP contribution in [0, 0.1) is 0 Å². The maximum atomic E-state index is 11.3. The first kappa shape index (κ1) is 12.5. The van der Waals surface area contributed by atoms with Crippen LogP contribution in [0.4, 0.5) is 4.79 Å². The maximum absolute atomic E-state index is 11.3. The van der Waals surface area contributed by atoms with Crippen molar-refractivity contribution in [1.82, 2.24) is 10.2 Å². The lowest BCUT2D eigenvalue weighted by Crippen LogP contribution is -2.46. The van der Waals surface area contributed by atoms with Gasteiger partial charge in [0.05, 0.1) is 0 Å². The van der Waals surface area contributed by atoms with Crippen molar-refractivity contribution < 1.29 is 14.7 Å². The summed E-state index contributed by atoms with van der Waals surface area (Å²) in [5.41, 5.74) is 0. The molecule has 0 fully saturated rings. The fourth-order valence-electron chi connectivity index (χ4n) is 1.04. The lowest BCUT2D eigenvalue weighted by molar-refractivity contribution is -0.141. The molecule has 0 aliphatic carbocycles. The second-order valence-corrected chi connectivity index (χ2v) is 2.85. The Labute approximate surface area is 83.4 Å². The molecule has 0 bridgehead atoms. The summed E-state index contributed by atoms with van der Waals surface area (Å²) in [5.74, 6) is -0.997. The molecule has 2 amide bonds. The van der Waals surface area contributed by atoms with Gasteiger partial charge in [0, 0.05) is 13.6 Å². The van der Waals surface area contributed by atoms with Gasteiger partial charge in [-0.25, -0.2) is 9.59 Å². The average Bonchev–Trinajstić information content (AvgIpc) is 2.14. The second kappa shape index (κ2) is 6.01. The predicted molar refractivity (Wildman–Crippen MR) is 53.1 cm³/mol. The van der Waals surface area contributed by atoms with E-state index in [0.29, 0.717) is 13.0 Å². The van der Waals surface area contributed by atoms with Gasteiger partial charge < -0.3 is 15.3 Å². The molecule has 2 N–H and O–H groups in total. The molecular formula is C9H16N2O3. The molecule has 0 spiro atoms. The molecule has 1 unspecified atom stereocenters. The summed E-state index contributed by atoms with van der Waals surface area (Å²) in [6.45, 7) is 5.49. The normalized spacial score (nSPS) is 11.6. The number of carbonyl (C=O) groups excluding carboxylic acids is 1. The van der Waals surface area contributed by atoms with Crippen LogP contribution in [0.5, 0.6) is 0 Å². The quantitative estimate of drug-likeness (QED) is 0.641. The number of hydrogen-bond donors (Lipinski definition) is 2. The van der Waals surface area contributed by atoms with Gasteiger partial charge in [-0.05, 0) is 6.42 Å². The van der Waals surface area contributed by atoms with Crippen LogP contribution in [0.1, 0.15) is 13.3 Å². The number of carboxylic acids is 1. The highest BCUT2D eigenvalue weighted by atomic mass is 16.4. The molecule has 0 radical (unpaired) electrons. The molecule has 80 valence electrons. The van der Waals surface area contributed by atoms with E-state index in [1.54, 1.807) is 6.92 Å². The van der Waals surface area contributed by atoms with Gasteiger partial charge in [-0.2, -0.15) is 0 Å². The van der Waals surface area contributed by atoms with Crippen molar-refractivity contribution >= 4 is 12.0 Å². The van der Waals surface area contributed by atoms with E-state index in [9.17, 15) is 9.59 Å². The van der Waals surface area contributed by atoms with Gasteiger partial charge in [0.1, 0.15) is 6.04 Å². The number of carboxylic acid groups (broad SMARTS) is 1. The Morgan fingerprint density at radius 3 is 2.57 bits per heavy atom. The minimum atomic E-state index is -0.997. The van der Waals surface area contributed by atoms with E-state index in [0.717, 1.165) is 0 Å².